The lowest BCUT2D eigenvalue weighted by Crippen LogP contribution is -2.46. The van der Waals surface area contributed by atoms with Gasteiger partial charge >= 0.3 is 0 Å². The quantitative estimate of drug-likeness (QED) is 0.409. The van der Waals surface area contributed by atoms with E-state index in [-0.39, 0.29) is 18.2 Å². The fourth-order valence-electron chi connectivity index (χ4n) is 3.66. The summed E-state index contributed by atoms with van der Waals surface area (Å²) in [5, 5.41) is 3.35. The van der Waals surface area contributed by atoms with Crippen molar-refractivity contribution in [3.8, 4) is 5.75 Å². The van der Waals surface area contributed by atoms with Crippen LogP contribution in [0.1, 0.15) is 18.9 Å². The number of carbonyl (C=O) groups excluding carboxylic acids is 2. The zero-order valence-electron chi connectivity index (χ0n) is 19.3. The van der Waals surface area contributed by atoms with Gasteiger partial charge in [-0.25, -0.2) is 4.99 Å². The minimum atomic E-state index is -0.607. The molecule has 3 aromatic rings. The molecular formula is C27H26ClN3O3S. The maximum atomic E-state index is 13.2. The third-order valence-corrected chi connectivity index (χ3v) is 6.77. The van der Waals surface area contributed by atoms with Crippen LogP contribution in [-0.2, 0) is 16.0 Å². The van der Waals surface area contributed by atoms with Crippen molar-refractivity contribution in [2.45, 2.75) is 25.0 Å². The van der Waals surface area contributed by atoms with Crippen LogP contribution >= 0.6 is 23.4 Å². The average molecular weight is 508 g/mol. The van der Waals surface area contributed by atoms with E-state index in [0.29, 0.717) is 46.9 Å². The highest BCUT2D eigenvalue weighted by atomic mass is 35.5. The number of aliphatic imine (C=N–C) groups is 1. The number of nitrogens with zero attached hydrogens (tertiary/aromatic N) is 2. The minimum Gasteiger partial charge on any atom is -0.494 e. The summed E-state index contributed by atoms with van der Waals surface area (Å²) in [6.45, 7) is 2.91. The van der Waals surface area contributed by atoms with Gasteiger partial charge in [-0.3, -0.25) is 14.5 Å². The summed E-state index contributed by atoms with van der Waals surface area (Å²) in [6.07, 6.45) is 0.772. The number of carbonyl (C=O) groups is 2. The lowest BCUT2D eigenvalue weighted by molar-refractivity contribution is -0.129. The van der Waals surface area contributed by atoms with Crippen LogP contribution in [0.3, 0.4) is 0 Å². The molecule has 3 aromatic carbocycles. The van der Waals surface area contributed by atoms with Gasteiger partial charge in [0.05, 0.1) is 12.3 Å². The van der Waals surface area contributed by atoms with Crippen LogP contribution in [0.25, 0.3) is 0 Å². The summed E-state index contributed by atoms with van der Waals surface area (Å²) < 4.78 is 5.51. The molecule has 0 radical (unpaired) electrons. The number of ether oxygens (including phenoxy) is 1. The number of nitrogens with one attached hydrogen (secondary N) is 1. The van der Waals surface area contributed by atoms with E-state index in [1.54, 1.807) is 35.2 Å². The summed E-state index contributed by atoms with van der Waals surface area (Å²) in [6, 6.07) is 24.3. The molecule has 1 atom stereocenters. The molecule has 0 aromatic heterocycles. The van der Waals surface area contributed by atoms with Crippen molar-refractivity contribution < 1.29 is 14.3 Å². The Morgan fingerprint density at radius 3 is 2.69 bits per heavy atom. The molecule has 35 heavy (non-hydrogen) atoms. The second kappa shape index (κ2) is 11.9. The molecular weight excluding hydrogens is 482 g/mol. The fourth-order valence-corrected chi connectivity index (χ4v) is 4.97. The third-order valence-electron chi connectivity index (χ3n) is 5.34. The van der Waals surface area contributed by atoms with E-state index >= 15 is 0 Å². The van der Waals surface area contributed by atoms with Crippen molar-refractivity contribution in [3.63, 3.8) is 0 Å². The van der Waals surface area contributed by atoms with Gasteiger partial charge in [0.25, 0.3) is 0 Å². The molecule has 1 aliphatic rings. The SMILES string of the molecule is CCOc1cccc(NC(=O)C2CC(=O)N(CCc3ccccc3)C(=Nc3cccc(Cl)c3)S2)c1. The Morgan fingerprint density at radius 2 is 1.91 bits per heavy atom. The molecule has 6 nitrogen and oxygen atoms in total. The van der Waals surface area contributed by atoms with Gasteiger partial charge in [0.1, 0.15) is 11.0 Å². The Morgan fingerprint density at radius 1 is 1.11 bits per heavy atom. The van der Waals surface area contributed by atoms with Crippen molar-refractivity contribution in [1.29, 1.82) is 0 Å². The Bertz CT molecular complexity index is 1220. The molecule has 0 bridgehead atoms. The Hall–Kier alpha value is -3.29. The summed E-state index contributed by atoms with van der Waals surface area (Å²) in [7, 11) is 0. The number of hydrogen-bond acceptors (Lipinski definition) is 5. The number of hydrogen-bond donors (Lipinski definition) is 1. The van der Waals surface area contributed by atoms with Gasteiger partial charge in [0.2, 0.25) is 11.8 Å². The highest BCUT2D eigenvalue weighted by Gasteiger charge is 2.35. The molecule has 8 heteroatoms. The molecule has 1 heterocycles. The van der Waals surface area contributed by atoms with E-state index in [4.69, 9.17) is 21.3 Å². The molecule has 180 valence electrons. The van der Waals surface area contributed by atoms with Gasteiger partial charge in [-0.1, -0.05) is 65.8 Å². The van der Waals surface area contributed by atoms with Gasteiger partial charge < -0.3 is 10.1 Å². The van der Waals surface area contributed by atoms with Crippen molar-refractivity contribution in [2.24, 2.45) is 4.99 Å². The fraction of sp³-hybridized carbons (Fsp3) is 0.222. The van der Waals surface area contributed by atoms with Crippen molar-refractivity contribution in [3.05, 3.63) is 89.4 Å². The molecule has 0 saturated carbocycles. The van der Waals surface area contributed by atoms with Gasteiger partial charge in [0.15, 0.2) is 5.17 Å². The Balaban J connectivity index is 1.54. The summed E-state index contributed by atoms with van der Waals surface area (Å²) in [5.41, 5.74) is 2.37. The van der Waals surface area contributed by atoms with E-state index in [1.807, 2.05) is 55.5 Å². The lowest BCUT2D eigenvalue weighted by atomic mass is 10.1. The molecule has 1 unspecified atom stereocenters. The third kappa shape index (κ3) is 6.87. The molecule has 4 rings (SSSR count). The van der Waals surface area contributed by atoms with Gasteiger partial charge in [-0.15, -0.1) is 0 Å². The first-order valence-corrected chi connectivity index (χ1v) is 12.7. The maximum Gasteiger partial charge on any atom is 0.238 e. The van der Waals surface area contributed by atoms with Crippen LogP contribution in [0.4, 0.5) is 11.4 Å². The molecule has 1 N–H and O–H groups in total. The first-order chi connectivity index (χ1) is 17.0. The van der Waals surface area contributed by atoms with E-state index in [0.717, 1.165) is 5.56 Å². The number of benzene rings is 3. The second-order valence-electron chi connectivity index (χ2n) is 7.92. The maximum absolute atomic E-state index is 13.2. The normalized spacial score (nSPS) is 16.9. The van der Waals surface area contributed by atoms with Crippen LogP contribution in [0, 0.1) is 0 Å². The predicted octanol–water partition coefficient (Wildman–Crippen LogP) is 5.94. The molecule has 0 spiro atoms. The number of amidine groups is 1. The number of anilines is 1. The highest BCUT2D eigenvalue weighted by molar-refractivity contribution is 8.15. The van der Waals surface area contributed by atoms with Crippen molar-refractivity contribution >= 4 is 51.7 Å². The minimum absolute atomic E-state index is 0.0883. The largest absolute Gasteiger partial charge is 0.494 e. The van der Waals surface area contributed by atoms with Crippen LogP contribution in [0.15, 0.2) is 83.9 Å². The lowest BCUT2D eigenvalue weighted by Gasteiger charge is -2.32. The van der Waals surface area contributed by atoms with E-state index in [1.165, 1.54) is 11.8 Å². The standard InChI is InChI=1S/C27H26ClN3O3S/c1-2-34-23-13-7-12-22(17-23)29-26(33)24-18-25(32)31(15-14-19-8-4-3-5-9-19)27(35-24)30-21-11-6-10-20(28)16-21/h3-13,16-17,24H,2,14-15,18H2,1H3,(H,29,33). The van der Waals surface area contributed by atoms with Crippen LogP contribution in [0.2, 0.25) is 5.02 Å². The summed E-state index contributed by atoms with van der Waals surface area (Å²) >= 11 is 7.43. The van der Waals surface area contributed by atoms with E-state index in [2.05, 4.69) is 5.32 Å². The monoisotopic (exact) mass is 507 g/mol. The number of amides is 2. The van der Waals surface area contributed by atoms with Crippen LogP contribution < -0.4 is 10.1 Å². The Kier molecular flexibility index (Phi) is 8.45. The second-order valence-corrected chi connectivity index (χ2v) is 9.52. The topological polar surface area (TPSA) is 71.0 Å². The molecule has 1 saturated heterocycles. The van der Waals surface area contributed by atoms with Gasteiger partial charge in [-0.05, 0) is 49.2 Å². The Labute approximate surface area is 214 Å². The summed E-state index contributed by atoms with van der Waals surface area (Å²) in [5.74, 6) is 0.287. The molecule has 1 fully saturated rings. The number of thioether (sulfide) groups is 1. The summed E-state index contributed by atoms with van der Waals surface area (Å²) in [4.78, 5) is 32.7. The zero-order valence-corrected chi connectivity index (χ0v) is 20.9. The van der Waals surface area contributed by atoms with Gasteiger partial charge in [-0.2, -0.15) is 0 Å². The van der Waals surface area contributed by atoms with Crippen LogP contribution in [0.5, 0.6) is 5.75 Å². The highest BCUT2D eigenvalue weighted by Crippen LogP contribution is 2.31. The first-order valence-electron chi connectivity index (χ1n) is 11.4. The smallest absolute Gasteiger partial charge is 0.238 e. The number of rotatable bonds is 8. The molecule has 2 amide bonds. The first kappa shape index (κ1) is 24.8. The van der Waals surface area contributed by atoms with Crippen molar-refractivity contribution in [2.75, 3.05) is 18.5 Å². The predicted molar refractivity (Wildman–Crippen MR) is 143 cm³/mol. The molecule has 0 aliphatic carbocycles. The van der Waals surface area contributed by atoms with E-state index in [9.17, 15) is 9.59 Å². The average Bonchev–Trinajstić information content (AvgIpc) is 2.84. The number of halogens is 1. The molecule has 1 aliphatic heterocycles. The van der Waals surface area contributed by atoms with Crippen molar-refractivity contribution in [1.82, 2.24) is 4.90 Å². The zero-order chi connectivity index (χ0) is 24.6. The van der Waals surface area contributed by atoms with Gasteiger partial charge in [0, 0.05) is 29.7 Å². The van der Waals surface area contributed by atoms with Crippen LogP contribution in [-0.4, -0.2) is 40.3 Å². The van der Waals surface area contributed by atoms with E-state index < -0.39 is 5.25 Å².